The first-order valence-electron chi connectivity index (χ1n) is 11.5. The summed E-state index contributed by atoms with van der Waals surface area (Å²) in [5.74, 6) is -2.25. The Morgan fingerprint density at radius 2 is 1.92 bits per heavy atom. The van der Waals surface area contributed by atoms with Gasteiger partial charge >= 0.3 is 5.97 Å². The minimum Gasteiger partial charge on any atom is -0.461 e. The highest BCUT2D eigenvalue weighted by molar-refractivity contribution is 7.98. The number of allylic oxidation sites excluding steroid dienone is 1. The van der Waals surface area contributed by atoms with Gasteiger partial charge in [-0.2, -0.15) is 8.70 Å². The van der Waals surface area contributed by atoms with E-state index >= 15 is 0 Å². The molecule has 2 aromatic carbocycles. The fourth-order valence-corrected chi connectivity index (χ4v) is 5.87. The maximum atomic E-state index is 14.1. The largest absolute Gasteiger partial charge is 0.461 e. The van der Waals surface area contributed by atoms with Crippen molar-refractivity contribution in [2.45, 2.75) is 43.0 Å². The lowest BCUT2D eigenvalue weighted by atomic mass is 10.1. The maximum Gasteiger partial charge on any atom is 0.370 e. The minimum absolute atomic E-state index is 0.0167. The zero-order valence-electron chi connectivity index (χ0n) is 21.0. The topological polar surface area (TPSA) is 76.2 Å². The van der Waals surface area contributed by atoms with Gasteiger partial charge in [-0.05, 0) is 51.6 Å². The second-order valence-electron chi connectivity index (χ2n) is 8.41. The molecule has 36 heavy (non-hydrogen) atoms. The first-order valence-corrected chi connectivity index (χ1v) is 14.1. The van der Waals surface area contributed by atoms with Crippen molar-refractivity contribution in [3.8, 4) is 5.75 Å². The number of rotatable bonds is 8. The normalized spacial score (nSPS) is 17.7. The summed E-state index contributed by atoms with van der Waals surface area (Å²) >= 11 is 1.32. The molecule has 0 bridgehead atoms. The molecule has 1 unspecified atom stereocenters. The molecule has 7 nitrogen and oxygen atoms in total. The molecule has 1 aliphatic heterocycles. The van der Waals surface area contributed by atoms with Crippen LogP contribution in [0.4, 0.5) is 15.8 Å². The third-order valence-electron chi connectivity index (χ3n) is 5.73. The van der Waals surface area contributed by atoms with E-state index in [1.807, 2.05) is 61.4 Å². The van der Waals surface area contributed by atoms with Crippen molar-refractivity contribution in [2.75, 3.05) is 31.4 Å². The number of para-hydroxylation sites is 1. The van der Waals surface area contributed by atoms with Crippen molar-refractivity contribution >= 4 is 39.1 Å². The molecule has 0 radical (unpaired) electrons. The number of anilines is 2. The summed E-state index contributed by atoms with van der Waals surface area (Å²) in [6.45, 7) is 5.97. The second kappa shape index (κ2) is 11.9. The molecule has 3 rings (SSSR count). The number of hydrogen-bond donors (Lipinski definition) is 0. The number of sulfonamides is 1. The molecule has 0 fully saturated rings. The Balaban J connectivity index is 2.17. The van der Waals surface area contributed by atoms with Gasteiger partial charge in [0, 0.05) is 31.4 Å². The molecule has 194 valence electrons. The number of likely N-dealkylation sites (N-methyl/N-ethyl adjacent to an activating group) is 1. The number of nitrogens with zero attached hydrogens (tertiary/aromatic N) is 2. The van der Waals surface area contributed by atoms with Gasteiger partial charge in [-0.1, -0.05) is 29.8 Å². The molecule has 1 aliphatic rings. The zero-order valence-corrected chi connectivity index (χ0v) is 22.7. The van der Waals surface area contributed by atoms with Crippen LogP contribution in [0.1, 0.15) is 27.2 Å². The Hall–Kier alpha value is -2.82. The molecule has 0 spiro atoms. The molecule has 10 heteroatoms. The number of carbonyl (C=O) groups excluding carboxylic acids is 1. The van der Waals surface area contributed by atoms with Crippen molar-refractivity contribution in [1.82, 2.24) is 4.31 Å². The van der Waals surface area contributed by atoms with E-state index in [2.05, 4.69) is 4.74 Å². The van der Waals surface area contributed by atoms with Crippen LogP contribution in [-0.4, -0.2) is 51.2 Å². The smallest absolute Gasteiger partial charge is 0.370 e. The predicted octanol–water partition coefficient (Wildman–Crippen LogP) is 5.66. The molecular formula is C26H31FN2O5S2. The third kappa shape index (κ3) is 6.11. The molecule has 0 N–H and O–H groups in total. The lowest BCUT2D eigenvalue weighted by Crippen LogP contribution is -2.40. The van der Waals surface area contributed by atoms with Crippen LogP contribution in [-0.2, 0) is 19.6 Å². The Morgan fingerprint density at radius 3 is 2.53 bits per heavy atom. The lowest BCUT2D eigenvalue weighted by molar-refractivity contribution is -0.140. The highest BCUT2D eigenvalue weighted by atomic mass is 32.2. The van der Waals surface area contributed by atoms with E-state index in [1.165, 1.54) is 22.1 Å². The molecule has 1 heterocycles. The lowest BCUT2D eigenvalue weighted by Gasteiger charge is -2.29. The van der Waals surface area contributed by atoms with Gasteiger partial charge in [0.25, 0.3) is 0 Å². The van der Waals surface area contributed by atoms with Gasteiger partial charge in [-0.25, -0.2) is 13.2 Å². The fourth-order valence-electron chi connectivity index (χ4n) is 3.79. The highest BCUT2D eigenvalue weighted by Gasteiger charge is 2.37. The number of esters is 1. The molecule has 0 amide bonds. The van der Waals surface area contributed by atoms with Gasteiger partial charge in [-0.15, -0.1) is 11.8 Å². The monoisotopic (exact) mass is 534 g/mol. The van der Waals surface area contributed by atoms with Crippen LogP contribution in [0.3, 0.4) is 0 Å². The van der Waals surface area contributed by atoms with Gasteiger partial charge in [0.05, 0.1) is 17.2 Å². The van der Waals surface area contributed by atoms with E-state index in [1.54, 1.807) is 20.0 Å². The van der Waals surface area contributed by atoms with Crippen LogP contribution in [0.15, 0.2) is 76.0 Å². The first-order chi connectivity index (χ1) is 17.1. The van der Waals surface area contributed by atoms with Gasteiger partial charge in [-0.3, -0.25) is 0 Å². The van der Waals surface area contributed by atoms with Crippen LogP contribution in [0.25, 0.3) is 0 Å². The van der Waals surface area contributed by atoms with Crippen LogP contribution >= 0.6 is 11.8 Å². The molecule has 0 saturated heterocycles. The van der Waals surface area contributed by atoms with Crippen molar-refractivity contribution in [3.63, 3.8) is 0 Å². The van der Waals surface area contributed by atoms with Crippen LogP contribution < -0.4 is 9.64 Å². The molecule has 0 saturated carbocycles. The quantitative estimate of drug-likeness (QED) is 0.142. The molecule has 0 aromatic heterocycles. The van der Waals surface area contributed by atoms with Crippen molar-refractivity contribution in [1.29, 1.82) is 0 Å². The summed E-state index contributed by atoms with van der Waals surface area (Å²) in [6.07, 6.45) is 5.02. The van der Waals surface area contributed by atoms with E-state index in [0.29, 0.717) is 29.8 Å². The summed E-state index contributed by atoms with van der Waals surface area (Å²) in [5.41, 5.74) is 2.45. The van der Waals surface area contributed by atoms with Crippen LogP contribution in [0.5, 0.6) is 5.75 Å². The van der Waals surface area contributed by atoms with E-state index in [-0.39, 0.29) is 23.3 Å². The fraction of sp³-hybridized carbons (Fsp3) is 0.346. The van der Waals surface area contributed by atoms with Crippen LogP contribution in [0.2, 0.25) is 0 Å². The summed E-state index contributed by atoms with van der Waals surface area (Å²) in [6, 6.07) is 12.4. The van der Waals surface area contributed by atoms with Crippen molar-refractivity contribution in [3.05, 3.63) is 66.2 Å². The summed E-state index contributed by atoms with van der Waals surface area (Å²) in [4.78, 5) is 14.2. The van der Waals surface area contributed by atoms with Gasteiger partial charge in [0.15, 0.2) is 0 Å². The van der Waals surface area contributed by atoms with E-state index in [0.717, 1.165) is 11.3 Å². The molecule has 2 aromatic rings. The SMILES string of the molecule is CCOC(=O)/C(F)=C/Oc1cc2c(cc1SC)N(c1ccccc1)CC(CC=C(C)C)N(C)S2(=O)=O. The Labute approximate surface area is 216 Å². The number of ether oxygens (including phenoxy) is 2. The standard InChI is InChI=1S/C26H31FN2O5S2/c1-6-33-26(30)21(27)17-34-23-15-25-22(14-24(23)35-5)29(19-10-8-7-9-11-19)16-20(13-12-18(2)3)28(4)36(25,31)32/h7-12,14-15,17,20H,6,13,16H2,1-5H3/b21-17-. The average molecular weight is 535 g/mol. The van der Waals surface area contributed by atoms with E-state index in [9.17, 15) is 17.6 Å². The Morgan fingerprint density at radius 1 is 1.22 bits per heavy atom. The number of thioether (sulfide) groups is 1. The van der Waals surface area contributed by atoms with Gasteiger partial charge in [0.2, 0.25) is 15.9 Å². The average Bonchev–Trinajstić information content (AvgIpc) is 2.94. The molecule has 0 aliphatic carbocycles. The number of carbonyl (C=O) groups is 1. The predicted molar refractivity (Wildman–Crippen MR) is 141 cm³/mol. The Bertz CT molecular complexity index is 1260. The van der Waals surface area contributed by atoms with Crippen molar-refractivity contribution in [2.24, 2.45) is 0 Å². The summed E-state index contributed by atoms with van der Waals surface area (Å²) < 4.78 is 53.2. The number of fused-ring (bicyclic) bond motifs is 1. The first kappa shape index (κ1) is 27.8. The van der Waals surface area contributed by atoms with E-state index < -0.39 is 21.8 Å². The summed E-state index contributed by atoms with van der Waals surface area (Å²) in [5, 5.41) is 0. The maximum absolute atomic E-state index is 14.1. The van der Waals surface area contributed by atoms with Gasteiger partial charge in [0.1, 0.15) is 16.9 Å². The van der Waals surface area contributed by atoms with E-state index in [4.69, 9.17) is 4.74 Å². The van der Waals surface area contributed by atoms with Gasteiger partial charge < -0.3 is 14.4 Å². The highest BCUT2D eigenvalue weighted by Crippen LogP contribution is 2.43. The van der Waals surface area contributed by atoms with Crippen molar-refractivity contribution < 1.29 is 27.1 Å². The number of hydrogen-bond acceptors (Lipinski definition) is 7. The summed E-state index contributed by atoms with van der Waals surface area (Å²) in [7, 11) is -2.37. The van der Waals surface area contributed by atoms with Crippen LogP contribution in [0, 0.1) is 0 Å². The zero-order chi connectivity index (χ0) is 26.5. The third-order valence-corrected chi connectivity index (χ3v) is 8.42. The number of halogens is 1. The minimum atomic E-state index is -3.94. The molecular weight excluding hydrogens is 503 g/mol. The second-order valence-corrected chi connectivity index (χ2v) is 11.2. The Kier molecular flexibility index (Phi) is 9.21. The number of benzene rings is 2. The molecule has 1 atom stereocenters.